The third-order valence-corrected chi connectivity index (χ3v) is 2.10. The molecule has 5 heteroatoms. The number of hydrogen-bond donors (Lipinski definition) is 2. The smallest absolute Gasteiger partial charge is 0.354 e. The molecule has 1 heterocycles. The molecule has 0 radical (unpaired) electrons. The molecule has 1 aromatic rings. The van der Waals surface area contributed by atoms with Gasteiger partial charge in [0.1, 0.15) is 11.4 Å². The van der Waals surface area contributed by atoms with Crippen LogP contribution in [0.2, 0.25) is 0 Å². The lowest BCUT2D eigenvalue weighted by atomic mass is 10.2. The van der Waals surface area contributed by atoms with Crippen LogP contribution in [0, 0.1) is 0 Å². The number of aromatic nitrogens is 1. The molecule has 0 aliphatic carbocycles. The fourth-order valence-corrected chi connectivity index (χ4v) is 1.29. The summed E-state index contributed by atoms with van der Waals surface area (Å²) < 4.78 is 0. The maximum atomic E-state index is 11.7. The van der Waals surface area contributed by atoms with Gasteiger partial charge in [-0.25, -0.2) is 9.78 Å². The minimum Gasteiger partial charge on any atom is -0.477 e. The summed E-state index contributed by atoms with van der Waals surface area (Å²) in [5.74, 6) is -1.54. The fourth-order valence-electron chi connectivity index (χ4n) is 1.29. The van der Waals surface area contributed by atoms with Crippen LogP contribution < -0.4 is 5.32 Å². The van der Waals surface area contributed by atoms with Crippen LogP contribution in [-0.2, 0) is 0 Å². The first-order valence-electron chi connectivity index (χ1n) is 5.16. The Morgan fingerprint density at radius 1 is 1.53 bits per heavy atom. The molecule has 1 unspecified atom stereocenters. The molecule has 0 fully saturated rings. The van der Waals surface area contributed by atoms with E-state index >= 15 is 0 Å². The van der Waals surface area contributed by atoms with Crippen LogP contribution in [0.15, 0.2) is 30.9 Å². The number of carbonyl (C=O) groups is 2. The first-order chi connectivity index (χ1) is 8.04. The van der Waals surface area contributed by atoms with Gasteiger partial charge < -0.3 is 10.4 Å². The second-order valence-electron chi connectivity index (χ2n) is 3.61. The monoisotopic (exact) mass is 234 g/mol. The summed E-state index contributed by atoms with van der Waals surface area (Å²) in [6.07, 6.45) is 2.34. The Kier molecular flexibility index (Phi) is 4.39. The van der Waals surface area contributed by atoms with E-state index in [1.54, 1.807) is 6.08 Å². The molecule has 1 rings (SSSR count). The number of hydrogen-bond acceptors (Lipinski definition) is 3. The Balaban J connectivity index is 2.78. The van der Waals surface area contributed by atoms with Gasteiger partial charge in [-0.15, -0.1) is 6.58 Å². The van der Waals surface area contributed by atoms with Gasteiger partial charge in [0.2, 0.25) is 0 Å². The zero-order valence-electron chi connectivity index (χ0n) is 9.51. The summed E-state index contributed by atoms with van der Waals surface area (Å²) in [7, 11) is 0. The second kappa shape index (κ2) is 5.79. The molecule has 1 amide bonds. The topological polar surface area (TPSA) is 79.3 Å². The third-order valence-electron chi connectivity index (χ3n) is 2.10. The van der Waals surface area contributed by atoms with E-state index in [1.165, 1.54) is 18.2 Å². The lowest BCUT2D eigenvalue weighted by Gasteiger charge is -2.11. The molecule has 5 nitrogen and oxygen atoms in total. The van der Waals surface area contributed by atoms with Crippen LogP contribution in [0.1, 0.15) is 34.3 Å². The Labute approximate surface area is 99.2 Å². The highest BCUT2D eigenvalue weighted by atomic mass is 16.4. The number of carboxylic acids is 1. The Morgan fingerprint density at radius 2 is 2.18 bits per heavy atom. The molecule has 90 valence electrons. The number of aromatic carboxylic acids is 1. The van der Waals surface area contributed by atoms with Crippen molar-refractivity contribution in [3.05, 3.63) is 42.2 Å². The average Bonchev–Trinajstić information content (AvgIpc) is 2.29. The summed E-state index contributed by atoms with van der Waals surface area (Å²) >= 11 is 0. The molecule has 0 saturated carbocycles. The average molecular weight is 234 g/mol. The van der Waals surface area contributed by atoms with Crippen LogP contribution in [0.25, 0.3) is 0 Å². The quantitative estimate of drug-likeness (QED) is 0.756. The van der Waals surface area contributed by atoms with Crippen LogP contribution in [0.3, 0.4) is 0 Å². The molecule has 0 aromatic carbocycles. The van der Waals surface area contributed by atoms with Gasteiger partial charge in [0.15, 0.2) is 0 Å². The van der Waals surface area contributed by atoms with Crippen molar-refractivity contribution >= 4 is 11.9 Å². The molecular formula is C12H14N2O3. The highest BCUT2D eigenvalue weighted by Crippen LogP contribution is 2.01. The lowest BCUT2D eigenvalue weighted by Crippen LogP contribution is -2.32. The summed E-state index contributed by atoms with van der Waals surface area (Å²) in [4.78, 5) is 26.1. The second-order valence-corrected chi connectivity index (χ2v) is 3.61. The van der Waals surface area contributed by atoms with Gasteiger partial charge in [0, 0.05) is 6.04 Å². The minimum atomic E-state index is -1.15. The van der Waals surface area contributed by atoms with Crippen LogP contribution in [0.5, 0.6) is 0 Å². The van der Waals surface area contributed by atoms with Crippen LogP contribution in [0.4, 0.5) is 0 Å². The fraction of sp³-hybridized carbons (Fsp3) is 0.250. The number of nitrogens with one attached hydrogen (secondary N) is 1. The Bertz CT molecular complexity index is 443. The van der Waals surface area contributed by atoms with Crippen molar-refractivity contribution < 1.29 is 14.7 Å². The van der Waals surface area contributed by atoms with Gasteiger partial charge in [-0.1, -0.05) is 12.1 Å². The van der Waals surface area contributed by atoms with Crippen LogP contribution in [-0.4, -0.2) is 28.0 Å². The Morgan fingerprint density at radius 3 is 2.76 bits per heavy atom. The molecule has 0 aliphatic rings. The maximum Gasteiger partial charge on any atom is 0.354 e. The van der Waals surface area contributed by atoms with Crippen molar-refractivity contribution in [2.75, 3.05) is 0 Å². The summed E-state index contributed by atoms with van der Waals surface area (Å²) in [5, 5.41) is 11.4. The zero-order valence-corrected chi connectivity index (χ0v) is 9.51. The molecular weight excluding hydrogens is 220 g/mol. The van der Waals surface area contributed by atoms with Crippen molar-refractivity contribution in [1.29, 1.82) is 0 Å². The largest absolute Gasteiger partial charge is 0.477 e. The van der Waals surface area contributed by atoms with E-state index in [4.69, 9.17) is 5.11 Å². The first-order valence-corrected chi connectivity index (χ1v) is 5.16. The number of amides is 1. The van der Waals surface area contributed by atoms with Gasteiger partial charge in [-0.2, -0.15) is 0 Å². The molecule has 1 aromatic heterocycles. The molecule has 1 atom stereocenters. The molecule has 17 heavy (non-hydrogen) atoms. The number of pyridine rings is 1. The van der Waals surface area contributed by atoms with Crippen molar-refractivity contribution in [2.24, 2.45) is 0 Å². The maximum absolute atomic E-state index is 11.7. The van der Waals surface area contributed by atoms with Crippen molar-refractivity contribution in [1.82, 2.24) is 10.3 Å². The number of nitrogens with zero attached hydrogens (tertiary/aromatic N) is 1. The highest BCUT2D eigenvalue weighted by Gasteiger charge is 2.12. The number of carbonyl (C=O) groups excluding carboxylic acids is 1. The third kappa shape index (κ3) is 3.71. The zero-order chi connectivity index (χ0) is 12.8. The predicted molar refractivity (Wildman–Crippen MR) is 62.9 cm³/mol. The SMILES string of the molecule is C=CCC(C)NC(=O)c1cccc(C(=O)O)n1. The summed E-state index contributed by atoms with van der Waals surface area (Å²) in [6, 6.07) is 4.24. The molecule has 0 aliphatic heterocycles. The summed E-state index contributed by atoms with van der Waals surface area (Å²) in [5.41, 5.74) is -0.0464. The van der Waals surface area contributed by atoms with Gasteiger partial charge in [-0.3, -0.25) is 4.79 Å². The predicted octanol–water partition coefficient (Wildman–Crippen LogP) is 1.47. The lowest BCUT2D eigenvalue weighted by molar-refractivity contribution is 0.0690. The molecule has 0 spiro atoms. The Hall–Kier alpha value is -2.17. The van der Waals surface area contributed by atoms with Crippen molar-refractivity contribution in [3.8, 4) is 0 Å². The van der Waals surface area contributed by atoms with Crippen molar-refractivity contribution in [3.63, 3.8) is 0 Å². The van der Waals surface area contributed by atoms with E-state index in [9.17, 15) is 9.59 Å². The molecule has 0 saturated heterocycles. The number of rotatable bonds is 5. The summed E-state index contributed by atoms with van der Waals surface area (Å²) in [6.45, 7) is 5.41. The normalized spacial score (nSPS) is 11.6. The first kappa shape index (κ1) is 12.9. The van der Waals surface area contributed by atoms with E-state index in [1.807, 2.05) is 6.92 Å². The van der Waals surface area contributed by atoms with E-state index in [-0.39, 0.29) is 23.3 Å². The minimum absolute atomic E-state index is 0.0599. The molecule has 0 bridgehead atoms. The standard InChI is InChI=1S/C12H14N2O3/c1-3-5-8(2)13-11(15)9-6-4-7-10(14-9)12(16)17/h3-4,6-8H,1,5H2,2H3,(H,13,15)(H,16,17). The van der Waals surface area contributed by atoms with Crippen molar-refractivity contribution in [2.45, 2.75) is 19.4 Å². The number of carboxylic acid groups (broad SMARTS) is 1. The van der Waals surface area contributed by atoms with E-state index in [2.05, 4.69) is 16.9 Å². The highest BCUT2D eigenvalue weighted by molar-refractivity contribution is 5.94. The van der Waals surface area contributed by atoms with E-state index in [0.717, 1.165) is 0 Å². The van der Waals surface area contributed by atoms with Gasteiger partial charge in [0.25, 0.3) is 5.91 Å². The van der Waals surface area contributed by atoms with Gasteiger partial charge in [-0.05, 0) is 25.5 Å². The van der Waals surface area contributed by atoms with Gasteiger partial charge >= 0.3 is 5.97 Å². The van der Waals surface area contributed by atoms with Gasteiger partial charge in [0.05, 0.1) is 0 Å². The van der Waals surface area contributed by atoms with E-state index in [0.29, 0.717) is 6.42 Å². The molecule has 2 N–H and O–H groups in total. The van der Waals surface area contributed by atoms with Crippen LogP contribution >= 0.6 is 0 Å². The van der Waals surface area contributed by atoms with E-state index < -0.39 is 5.97 Å².